The molecule has 2 N–H and O–H groups in total. The molecule has 5 nitrogen and oxygen atoms in total. The van der Waals surface area contributed by atoms with Crippen LogP contribution >= 0.6 is 11.6 Å². The van der Waals surface area contributed by atoms with Crippen LogP contribution in [0.5, 0.6) is 5.75 Å². The molecular weight excluding hydrogens is 422 g/mol. The molecule has 0 atom stereocenters. The van der Waals surface area contributed by atoms with E-state index in [-0.39, 0.29) is 12.3 Å². The van der Waals surface area contributed by atoms with Crippen LogP contribution in [0.1, 0.15) is 56.1 Å². The van der Waals surface area contributed by atoms with Gasteiger partial charge in [-0.25, -0.2) is 0 Å². The van der Waals surface area contributed by atoms with E-state index in [1.807, 2.05) is 30.3 Å². The predicted molar refractivity (Wildman–Crippen MR) is 132 cm³/mol. The largest absolute Gasteiger partial charge is 0.508 e. The number of likely N-dealkylation sites (N-methyl/N-ethyl adjacent to an activating group) is 1. The number of nitrogens with one attached hydrogen (secondary N) is 1. The number of carbonyl (C=O) groups is 1. The number of aromatic hydroxyl groups is 1. The maximum Gasteiger partial charge on any atom is 0.228 e. The monoisotopic (exact) mass is 455 g/mol. The molecule has 1 saturated heterocycles. The van der Waals surface area contributed by atoms with E-state index in [0.29, 0.717) is 22.4 Å². The van der Waals surface area contributed by atoms with Crippen LogP contribution < -0.4 is 10.2 Å². The van der Waals surface area contributed by atoms with Crippen molar-refractivity contribution in [2.75, 3.05) is 42.9 Å². The molecule has 0 unspecified atom stereocenters. The Bertz CT molecular complexity index is 935. The second-order valence-electron chi connectivity index (χ2n) is 9.04. The third-order valence-electron chi connectivity index (χ3n) is 6.89. The molecule has 2 fully saturated rings. The molecule has 4 rings (SSSR count). The van der Waals surface area contributed by atoms with E-state index >= 15 is 0 Å². The molecular formula is C26H34ClN3O2. The van der Waals surface area contributed by atoms with E-state index in [2.05, 4.69) is 22.0 Å². The molecule has 0 bridgehead atoms. The molecule has 6 heteroatoms. The Balaban J connectivity index is 1.37. The summed E-state index contributed by atoms with van der Waals surface area (Å²) >= 11 is 6.57. The number of hydrogen-bond donors (Lipinski definition) is 2. The molecule has 0 aromatic heterocycles. The summed E-state index contributed by atoms with van der Waals surface area (Å²) in [5.74, 6) is 0.672. The Labute approximate surface area is 196 Å². The van der Waals surface area contributed by atoms with Crippen molar-refractivity contribution >= 4 is 28.9 Å². The first-order valence-electron chi connectivity index (χ1n) is 11.9. The summed E-state index contributed by atoms with van der Waals surface area (Å²) in [5.41, 5.74) is 3.65. The van der Waals surface area contributed by atoms with Crippen molar-refractivity contribution in [2.45, 2.75) is 51.4 Å². The van der Waals surface area contributed by atoms with E-state index in [1.54, 1.807) is 6.07 Å². The quantitative estimate of drug-likeness (QED) is 0.610. The highest BCUT2D eigenvalue weighted by Gasteiger charge is 2.20. The summed E-state index contributed by atoms with van der Waals surface area (Å²) in [6.45, 7) is 7.28. The molecule has 1 saturated carbocycles. The maximum absolute atomic E-state index is 12.7. The number of phenols is 1. The molecule has 32 heavy (non-hydrogen) atoms. The van der Waals surface area contributed by atoms with Crippen molar-refractivity contribution < 1.29 is 9.90 Å². The normalized spacial score (nSPS) is 18.0. The number of carbonyl (C=O) groups excluding carboxylic acids is 1. The molecule has 0 spiro atoms. The summed E-state index contributed by atoms with van der Waals surface area (Å²) in [6, 6.07) is 11.4. The number of halogens is 1. The van der Waals surface area contributed by atoms with Gasteiger partial charge in [0.1, 0.15) is 5.75 Å². The Morgan fingerprint density at radius 2 is 1.81 bits per heavy atom. The van der Waals surface area contributed by atoms with Crippen molar-refractivity contribution in [3.05, 3.63) is 52.5 Å². The topological polar surface area (TPSA) is 55.8 Å². The molecule has 1 amide bonds. The first-order valence-corrected chi connectivity index (χ1v) is 12.3. The average molecular weight is 456 g/mol. The highest BCUT2D eigenvalue weighted by atomic mass is 35.5. The van der Waals surface area contributed by atoms with E-state index in [1.165, 1.54) is 19.3 Å². The lowest BCUT2D eigenvalue weighted by Gasteiger charge is -2.36. The second-order valence-corrected chi connectivity index (χ2v) is 9.45. The van der Waals surface area contributed by atoms with Gasteiger partial charge in [-0.15, -0.1) is 0 Å². The van der Waals surface area contributed by atoms with E-state index < -0.39 is 0 Å². The van der Waals surface area contributed by atoms with Crippen LogP contribution in [0.25, 0.3) is 0 Å². The van der Waals surface area contributed by atoms with Gasteiger partial charge in [0.25, 0.3) is 0 Å². The SMILES string of the molecule is CCN1CCN(c2ccc(NC(=O)Cc3ccc(O)c(C4CCCCC4)c3)cc2Cl)CC1. The molecule has 1 aliphatic carbocycles. The second kappa shape index (κ2) is 10.6. The zero-order chi connectivity index (χ0) is 22.5. The van der Waals surface area contributed by atoms with Gasteiger partial charge >= 0.3 is 0 Å². The Kier molecular flexibility index (Phi) is 7.59. The number of amides is 1. The third kappa shape index (κ3) is 5.57. The number of benzene rings is 2. The van der Waals surface area contributed by atoms with E-state index in [9.17, 15) is 9.90 Å². The van der Waals surface area contributed by atoms with Crippen molar-refractivity contribution in [1.29, 1.82) is 0 Å². The summed E-state index contributed by atoms with van der Waals surface area (Å²) in [6.07, 6.45) is 6.19. The summed E-state index contributed by atoms with van der Waals surface area (Å²) in [7, 11) is 0. The Morgan fingerprint density at radius 1 is 1.06 bits per heavy atom. The number of hydrogen-bond acceptors (Lipinski definition) is 4. The Hall–Kier alpha value is -2.24. The molecule has 2 aliphatic rings. The van der Waals surface area contributed by atoms with Crippen LogP contribution in [0, 0.1) is 0 Å². The number of anilines is 2. The van der Waals surface area contributed by atoms with Crippen molar-refractivity contribution in [2.24, 2.45) is 0 Å². The van der Waals surface area contributed by atoms with Gasteiger partial charge in [-0.2, -0.15) is 0 Å². The highest BCUT2D eigenvalue weighted by Crippen LogP contribution is 2.37. The lowest BCUT2D eigenvalue weighted by molar-refractivity contribution is -0.115. The van der Waals surface area contributed by atoms with Crippen molar-refractivity contribution in [3.63, 3.8) is 0 Å². The van der Waals surface area contributed by atoms with Crippen LogP contribution in [0.15, 0.2) is 36.4 Å². The minimum absolute atomic E-state index is 0.0781. The first-order chi connectivity index (χ1) is 15.5. The lowest BCUT2D eigenvalue weighted by atomic mass is 9.83. The zero-order valence-corrected chi connectivity index (χ0v) is 19.7. The fourth-order valence-electron chi connectivity index (χ4n) is 4.99. The van der Waals surface area contributed by atoms with Gasteiger partial charge in [-0.1, -0.05) is 49.9 Å². The molecule has 1 aliphatic heterocycles. The smallest absolute Gasteiger partial charge is 0.228 e. The molecule has 2 aromatic carbocycles. The number of rotatable bonds is 6. The van der Waals surface area contributed by atoms with Crippen LogP contribution in [0.3, 0.4) is 0 Å². The summed E-state index contributed by atoms with van der Waals surface area (Å²) < 4.78 is 0. The molecule has 2 aromatic rings. The van der Waals surface area contributed by atoms with E-state index in [4.69, 9.17) is 11.6 Å². The van der Waals surface area contributed by atoms with Crippen LogP contribution in [-0.4, -0.2) is 48.6 Å². The van der Waals surface area contributed by atoms with Crippen LogP contribution in [0.4, 0.5) is 11.4 Å². The summed E-state index contributed by atoms with van der Waals surface area (Å²) in [5, 5.41) is 14.0. The number of nitrogens with zero attached hydrogens (tertiary/aromatic N) is 2. The maximum atomic E-state index is 12.7. The molecule has 0 radical (unpaired) electrons. The zero-order valence-electron chi connectivity index (χ0n) is 18.9. The minimum atomic E-state index is -0.0781. The van der Waals surface area contributed by atoms with Gasteiger partial charge in [0.05, 0.1) is 17.1 Å². The van der Waals surface area contributed by atoms with Gasteiger partial charge in [-0.05, 0) is 60.7 Å². The van der Waals surface area contributed by atoms with Crippen LogP contribution in [0.2, 0.25) is 5.02 Å². The average Bonchev–Trinajstić information content (AvgIpc) is 2.81. The van der Waals surface area contributed by atoms with Gasteiger partial charge in [0.15, 0.2) is 0 Å². The predicted octanol–water partition coefficient (Wildman–Crippen LogP) is 5.42. The highest BCUT2D eigenvalue weighted by molar-refractivity contribution is 6.33. The lowest BCUT2D eigenvalue weighted by Crippen LogP contribution is -2.46. The van der Waals surface area contributed by atoms with Gasteiger partial charge < -0.3 is 20.2 Å². The standard InChI is InChI=1S/C26H34ClN3O2/c1-2-29-12-14-30(15-13-29)24-10-9-21(18-23(24)27)28-26(32)17-19-8-11-25(31)22(16-19)20-6-4-3-5-7-20/h8-11,16,18,20,31H,2-7,12-15,17H2,1H3,(H,28,32). The summed E-state index contributed by atoms with van der Waals surface area (Å²) in [4.78, 5) is 17.4. The van der Waals surface area contributed by atoms with Gasteiger partial charge in [-0.3, -0.25) is 4.79 Å². The first kappa shape index (κ1) is 22.9. The van der Waals surface area contributed by atoms with Crippen molar-refractivity contribution in [1.82, 2.24) is 4.90 Å². The van der Waals surface area contributed by atoms with E-state index in [0.717, 1.165) is 62.4 Å². The van der Waals surface area contributed by atoms with Crippen LogP contribution in [-0.2, 0) is 11.2 Å². The number of piperazine rings is 1. The number of phenolic OH excluding ortho intramolecular Hbond substituents is 1. The minimum Gasteiger partial charge on any atom is -0.508 e. The fraction of sp³-hybridized carbons (Fsp3) is 0.500. The van der Waals surface area contributed by atoms with Gasteiger partial charge in [0, 0.05) is 31.9 Å². The van der Waals surface area contributed by atoms with Gasteiger partial charge in [0.2, 0.25) is 5.91 Å². The fourth-order valence-corrected chi connectivity index (χ4v) is 5.29. The third-order valence-corrected chi connectivity index (χ3v) is 7.20. The van der Waals surface area contributed by atoms with Crippen molar-refractivity contribution in [3.8, 4) is 5.75 Å². The molecule has 1 heterocycles. The Morgan fingerprint density at radius 3 is 2.50 bits per heavy atom. The molecule has 172 valence electrons.